The maximum absolute atomic E-state index is 6.26. The molecule has 0 bridgehead atoms. The van der Waals surface area contributed by atoms with Crippen molar-refractivity contribution in [3.63, 3.8) is 0 Å². The molecule has 7 nitrogen and oxygen atoms in total. The van der Waals surface area contributed by atoms with Gasteiger partial charge < -0.3 is 32.3 Å². The van der Waals surface area contributed by atoms with Gasteiger partial charge in [-0.2, -0.15) is 0 Å². The van der Waals surface area contributed by atoms with Crippen LogP contribution >= 0.6 is 0 Å². The molecule has 0 saturated heterocycles. The molecule has 0 heterocycles. The smallest absolute Gasteiger partial charge is 0.398 e. The van der Waals surface area contributed by atoms with E-state index in [0.717, 1.165) is 43.5 Å². The zero-order chi connectivity index (χ0) is 20.3. The van der Waals surface area contributed by atoms with E-state index in [1.165, 1.54) is 11.1 Å². The summed E-state index contributed by atoms with van der Waals surface area (Å²) in [4.78, 5) is 0. The lowest BCUT2D eigenvalue weighted by molar-refractivity contribution is 0.122. The van der Waals surface area contributed by atoms with Crippen LogP contribution in [-0.2, 0) is 39.4 Å². The fourth-order valence-corrected chi connectivity index (χ4v) is 6.73. The van der Waals surface area contributed by atoms with Crippen molar-refractivity contribution < 1.29 is 26.6 Å². The van der Waals surface area contributed by atoms with Crippen LogP contribution in [-0.4, -0.2) is 60.3 Å². The van der Waals surface area contributed by atoms with Gasteiger partial charge in [-0.05, 0) is 42.9 Å². The zero-order valence-electron chi connectivity index (χ0n) is 17.5. The van der Waals surface area contributed by atoms with Gasteiger partial charge in [0.2, 0.25) is 0 Å². The van der Waals surface area contributed by atoms with E-state index in [0.29, 0.717) is 0 Å². The van der Waals surface area contributed by atoms with Gasteiger partial charge in [0.1, 0.15) is 0 Å². The van der Waals surface area contributed by atoms with E-state index >= 15 is 0 Å². The van der Waals surface area contributed by atoms with Crippen LogP contribution in [0.25, 0.3) is 0 Å². The maximum Gasteiger partial charge on any atom is 0.500 e. The SMILES string of the molecule is CO[Si](CCCc1cccc(N)c1CCC[Si](OC)(OC)OC)(OC)OC. The summed E-state index contributed by atoms with van der Waals surface area (Å²) in [6.45, 7) is 0. The molecule has 0 aliphatic rings. The van der Waals surface area contributed by atoms with Gasteiger partial charge in [-0.25, -0.2) is 0 Å². The molecule has 27 heavy (non-hydrogen) atoms. The van der Waals surface area contributed by atoms with Gasteiger partial charge in [-0.1, -0.05) is 12.1 Å². The lowest BCUT2D eigenvalue weighted by Gasteiger charge is -2.25. The monoisotopic (exact) mass is 417 g/mol. The number of hydrogen-bond donors (Lipinski definition) is 1. The number of rotatable bonds is 14. The zero-order valence-corrected chi connectivity index (χ0v) is 19.5. The highest BCUT2D eigenvalue weighted by Gasteiger charge is 2.38. The molecule has 156 valence electrons. The third-order valence-electron chi connectivity index (χ3n) is 5.01. The molecule has 0 spiro atoms. The van der Waals surface area contributed by atoms with Crippen LogP contribution in [0.4, 0.5) is 5.69 Å². The van der Waals surface area contributed by atoms with Gasteiger partial charge in [0, 0.05) is 60.4 Å². The number of hydrogen-bond acceptors (Lipinski definition) is 7. The third-order valence-corrected chi connectivity index (χ3v) is 10.7. The van der Waals surface area contributed by atoms with Crippen LogP contribution in [0.2, 0.25) is 12.1 Å². The number of anilines is 1. The minimum atomic E-state index is -2.56. The Bertz CT molecular complexity index is 536. The Morgan fingerprint density at radius 1 is 0.704 bits per heavy atom. The Kier molecular flexibility index (Phi) is 10.7. The first-order valence-corrected chi connectivity index (χ1v) is 13.0. The number of aryl methyl sites for hydroxylation is 1. The maximum atomic E-state index is 6.26. The number of nitrogens with two attached hydrogens (primary N) is 1. The highest BCUT2D eigenvalue weighted by atomic mass is 28.4. The molecular weight excluding hydrogens is 382 g/mol. The van der Waals surface area contributed by atoms with Crippen LogP contribution in [0.3, 0.4) is 0 Å². The standard InChI is InChI=1S/C18H35NO6Si2/c1-20-26(21-2,22-3)14-8-11-16-10-7-13-18(19)17(16)12-9-15-27(23-4,24-5)25-6/h7,10,13H,8-9,11-12,14-15,19H2,1-6H3. The minimum absolute atomic E-state index is 0.747. The average molecular weight is 418 g/mol. The van der Waals surface area contributed by atoms with Gasteiger partial charge in [0.05, 0.1) is 0 Å². The first kappa shape index (κ1) is 24.3. The second-order valence-corrected chi connectivity index (χ2v) is 12.5. The number of nitrogen functional groups attached to an aromatic ring is 1. The van der Waals surface area contributed by atoms with Crippen molar-refractivity contribution in [2.24, 2.45) is 0 Å². The van der Waals surface area contributed by atoms with Crippen molar-refractivity contribution in [2.45, 2.75) is 37.8 Å². The van der Waals surface area contributed by atoms with Crippen molar-refractivity contribution >= 4 is 23.3 Å². The van der Waals surface area contributed by atoms with Crippen molar-refractivity contribution in [3.05, 3.63) is 29.3 Å². The van der Waals surface area contributed by atoms with E-state index in [9.17, 15) is 0 Å². The Hall–Kier alpha value is -0.786. The predicted molar refractivity (Wildman–Crippen MR) is 111 cm³/mol. The van der Waals surface area contributed by atoms with E-state index in [-0.39, 0.29) is 0 Å². The van der Waals surface area contributed by atoms with E-state index in [1.54, 1.807) is 42.7 Å². The summed E-state index contributed by atoms with van der Waals surface area (Å²) in [6.07, 6.45) is 3.54. The molecule has 1 rings (SSSR count). The quantitative estimate of drug-likeness (QED) is 0.368. The largest absolute Gasteiger partial charge is 0.500 e. The summed E-state index contributed by atoms with van der Waals surface area (Å²) in [5.74, 6) is 0. The van der Waals surface area contributed by atoms with Crippen molar-refractivity contribution in [1.29, 1.82) is 0 Å². The molecule has 0 saturated carbocycles. The van der Waals surface area contributed by atoms with E-state index < -0.39 is 17.6 Å². The lowest BCUT2D eigenvalue weighted by Crippen LogP contribution is -2.42. The van der Waals surface area contributed by atoms with Crippen molar-refractivity contribution in [3.8, 4) is 0 Å². The highest BCUT2D eigenvalue weighted by Crippen LogP contribution is 2.25. The fraction of sp³-hybridized carbons (Fsp3) is 0.667. The van der Waals surface area contributed by atoms with E-state index in [2.05, 4.69) is 6.07 Å². The lowest BCUT2D eigenvalue weighted by atomic mass is 9.98. The van der Waals surface area contributed by atoms with E-state index in [4.69, 9.17) is 32.3 Å². The third kappa shape index (κ3) is 6.65. The van der Waals surface area contributed by atoms with Gasteiger partial charge in [-0.3, -0.25) is 0 Å². The van der Waals surface area contributed by atoms with Crippen LogP contribution in [0, 0.1) is 0 Å². The molecule has 0 aromatic heterocycles. The fourth-order valence-electron chi connectivity index (χ4n) is 3.28. The molecule has 0 unspecified atom stereocenters. The van der Waals surface area contributed by atoms with Crippen molar-refractivity contribution in [2.75, 3.05) is 48.4 Å². The van der Waals surface area contributed by atoms with Crippen LogP contribution < -0.4 is 5.73 Å². The first-order chi connectivity index (χ1) is 12.9. The predicted octanol–water partition coefficient (Wildman–Crippen LogP) is 2.89. The summed E-state index contributed by atoms with van der Waals surface area (Å²) in [7, 11) is 4.74. The number of benzene rings is 1. The molecule has 1 aromatic carbocycles. The summed E-state index contributed by atoms with van der Waals surface area (Å²) in [6, 6.07) is 7.59. The molecule has 0 radical (unpaired) electrons. The van der Waals surface area contributed by atoms with Crippen LogP contribution in [0.15, 0.2) is 18.2 Å². The Labute approximate surface area is 165 Å². The molecule has 0 amide bonds. The molecule has 9 heteroatoms. The van der Waals surface area contributed by atoms with Crippen LogP contribution in [0.5, 0.6) is 0 Å². The topological polar surface area (TPSA) is 81.4 Å². The average Bonchev–Trinajstić information content (AvgIpc) is 2.71. The van der Waals surface area contributed by atoms with Gasteiger partial charge in [-0.15, -0.1) is 0 Å². The Morgan fingerprint density at radius 3 is 1.59 bits per heavy atom. The molecular formula is C18H35NO6Si2. The van der Waals surface area contributed by atoms with Gasteiger partial charge in [0.15, 0.2) is 0 Å². The summed E-state index contributed by atoms with van der Waals surface area (Å²) >= 11 is 0. The normalized spacial score (nSPS) is 12.5. The molecule has 2 N–H and O–H groups in total. The minimum Gasteiger partial charge on any atom is -0.398 e. The van der Waals surface area contributed by atoms with Crippen molar-refractivity contribution in [1.82, 2.24) is 0 Å². The highest BCUT2D eigenvalue weighted by molar-refractivity contribution is 6.60. The second-order valence-electron chi connectivity index (χ2n) is 6.28. The second kappa shape index (κ2) is 11.9. The molecule has 0 aliphatic heterocycles. The van der Waals surface area contributed by atoms with Crippen LogP contribution in [0.1, 0.15) is 24.0 Å². The van der Waals surface area contributed by atoms with E-state index in [1.807, 2.05) is 12.1 Å². The summed E-state index contributed by atoms with van der Waals surface area (Å²) < 4.78 is 33.0. The molecule has 0 fully saturated rings. The first-order valence-electron chi connectivity index (χ1n) is 9.12. The Morgan fingerprint density at radius 2 is 1.15 bits per heavy atom. The molecule has 0 atom stereocenters. The summed E-state index contributed by atoms with van der Waals surface area (Å²) in [5.41, 5.74) is 9.51. The summed E-state index contributed by atoms with van der Waals surface area (Å²) in [5, 5.41) is 0. The Balaban J connectivity index is 2.74. The molecule has 1 aromatic rings. The van der Waals surface area contributed by atoms with Gasteiger partial charge >= 0.3 is 17.6 Å². The molecule has 0 aliphatic carbocycles. The van der Waals surface area contributed by atoms with Gasteiger partial charge in [0.25, 0.3) is 0 Å².